The number of aliphatic hydroxyl groups excluding tert-OH is 1. The van der Waals surface area contributed by atoms with Crippen LogP contribution in [0.1, 0.15) is 18.9 Å². The monoisotopic (exact) mass is 249 g/mol. The van der Waals surface area contributed by atoms with Crippen LogP contribution >= 0.6 is 0 Å². The van der Waals surface area contributed by atoms with E-state index in [1.807, 2.05) is 30.3 Å². The Morgan fingerprint density at radius 3 is 2.67 bits per heavy atom. The van der Waals surface area contributed by atoms with Gasteiger partial charge in [0.2, 0.25) is 5.91 Å². The lowest BCUT2D eigenvalue weighted by Crippen LogP contribution is -2.32. The second-order valence-corrected chi connectivity index (χ2v) is 4.38. The van der Waals surface area contributed by atoms with E-state index in [2.05, 4.69) is 5.32 Å². The molecule has 1 unspecified atom stereocenters. The number of hydrogen-bond acceptors (Lipinski definition) is 3. The fraction of sp³-hybridized carbons (Fsp3) is 0.357. The molecule has 3 N–H and O–H groups in total. The molecule has 1 rings (SSSR count). The Balaban J connectivity index is 2.40. The fourth-order valence-electron chi connectivity index (χ4n) is 1.55. The first-order chi connectivity index (χ1) is 8.53. The third-order valence-electron chi connectivity index (χ3n) is 2.43. The van der Waals surface area contributed by atoms with Crippen molar-refractivity contribution in [3.8, 4) is 0 Å². The van der Waals surface area contributed by atoms with Gasteiger partial charge in [0.25, 0.3) is 0 Å². The summed E-state index contributed by atoms with van der Waals surface area (Å²) in [5.41, 5.74) is -0.222. The SMILES string of the molecule is CC(O)(C=CCO)CC(=O)NCc1ccccc1. The van der Waals surface area contributed by atoms with Crippen LogP contribution in [0.4, 0.5) is 0 Å². The predicted octanol–water partition coefficient (Wildman–Crippen LogP) is 0.992. The molecule has 0 heterocycles. The molecule has 18 heavy (non-hydrogen) atoms. The highest BCUT2D eigenvalue weighted by Gasteiger charge is 2.20. The van der Waals surface area contributed by atoms with Crippen LogP contribution in [0, 0.1) is 0 Å². The Bertz CT molecular complexity index is 399. The third kappa shape index (κ3) is 5.61. The maximum Gasteiger partial charge on any atom is 0.223 e. The van der Waals surface area contributed by atoms with E-state index in [1.165, 1.54) is 19.1 Å². The summed E-state index contributed by atoms with van der Waals surface area (Å²) in [5, 5.41) is 21.2. The number of carbonyl (C=O) groups excluding carboxylic acids is 1. The van der Waals surface area contributed by atoms with Gasteiger partial charge in [-0.25, -0.2) is 0 Å². The van der Waals surface area contributed by atoms with Gasteiger partial charge in [-0.15, -0.1) is 0 Å². The Morgan fingerprint density at radius 1 is 1.39 bits per heavy atom. The molecule has 0 aromatic heterocycles. The highest BCUT2D eigenvalue weighted by molar-refractivity contribution is 5.77. The van der Waals surface area contributed by atoms with Crippen LogP contribution in [0.5, 0.6) is 0 Å². The average molecular weight is 249 g/mol. The van der Waals surface area contributed by atoms with Gasteiger partial charge in [-0.3, -0.25) is 4.79 Å². The zero-order valence-corrected chi connectivity index (χ0v) is 10.5. The van der Waals surface area contributed by atoms with Crippen molar-refractivity contribution in [2.75, 3.05) is 6.61 Å². The van der Waals surface area contributed by atoms with Gasteiger partial charge in [0.1, 0.15) is 0 Å². The summed E-state index contributed by atoms with van der Waals surface area (Å²) in [6.07, 6.45) is 2.82. The molecule has 0 aliphatic heterocycles. The van der Waals surface area contributed by atoms with Crippen LogP contribution in [0.25, 0.3) is 0 Å². The Hall–Kier alpha value is -1.65. The number of carbonyl (C=O) groups is 1. The Morgan fingerprint density at radius 2 is 2.06 bits per heavy atom. The molecule has 0 aliphatic rings. The zero-order valence-electron chi connectivity index (χ0n) is 10.5. The van der Waals surface area contributed by atoms with Crippen molar-refractivity contribution in [3.63, 3.8) is 0 Å². The van der Waals surface area contributed by atoms with E-state index in [0.29, 0.717) is 6.54 Å². The van der Waals surface area contributed by atoms with E-state index < -0.39 is 5.60 Å². The van der Waals surface area contributed by atoms with Gasteiger partial charge in [-0.05, 0) is 12.5 Å². The molecule has 0 saturated heterocycles. The molecule has 0 radical (unpaired) electrons. The molecule has 1 amide bonds. The molecule has 1 aromatic carbocycles. The van der Waals surface area contributed by atoms with E-state index in [-0.39, 0.29) is 18.9 Å². The van der Waals surface area contributed by atoms with Gasteiger partial charge in [-0.1, -0.05) is 42.5 Å². The molecule has 1 aromatic rings. The summed E-state index contributed by atoms with van der Waals surface area (Å²) in [7, 11) is 0. The second-order valence-electron chi connectivity index (χ2n) is 4.38. The standard InChI is InChI=1S/C14H19NO3/c1-14(18,8-5-9-16)10-13(17)15-11-12-6-3-2-4-7-12/h2-8,16,18H,9-11H2,1H3,(H,15,17). The van der Waals surface area contributed by atoms with Gasteiger partial charge in [0, 0.05) is 6.54 Å². The van der Waals surface area contributed by atoms with Crippen LogP contribution in [-0.4, -0.2) is 28.3 Å². The van der Waals surface area contributed by atoms with E-state index in [1.54, 1.807) is 0 Å². The van der Waals surface area contributed by atoms with Crippen LogP contribution in [0.3, 0.4) is 0 Å². The zero-order chi connectivity index (χ0) is 13.4. The first-order valence-electron chi connectivity index (χ1n) is 5.85. The minimum atomic E-state index is -1.23. The highest BCUT2D eigenvalue weighted by Crippen LogP contribution is 2.11. The molecular formula is C14H19NO3. The van der Waals surface area contributed by atoms with E-state index in [4.69, 9.17) is 5.11 Å². The molecule has 4 nitrogen and oxygen atoms in total. The van der Waals surface area contributed by atoms with Crippen LogP contribution in [0.15, 0.2) is 42.5 Å². The smallest absolute Gasteiger partial charge is 0.223 e. The first kappa shape index (κ1) is 14.4. The summed E-state index contributed by atoms with van der Waals surface area (Å²) >= 11 is 0. The van der Waals surface area contributed by atoms with Crippen molar-refractivity contribution in [3.05, 3.63) is 48.0 Å². The molecular weight excluding hydrogens is 230 g/mol. The molecule has 0 spiro atoms. The van der Waals surface area contributed by atoms with Gasteiger partial charge in [-0.2, -0.15) is 0 Å². The van der Waals surface area contributed by atoms with E-state index in [0.717, 1.165) is 5.56 Å². The van der Waals surface area contributed by atoms with Gasteiger partial charge in [0.15, 0.2) is 0 Å². The molecule has 1 atom stereocenters. The minimum absolute atomic E-state index is 0.0314. The topological polar surface area (TPSA) is 69.6 Å². The van der Waals surface area contributed by atoms with Crippen molar-refractivity contribution >= 4 is 5.91 Å². The number of amides is 1. The van der Waals surface area contributed by atoms with Crippen molar-refractivity contribution in [1.29, 1.82) is 0 Å². The summed E-state index contributed by atoms with van der Waals surface area (Å²) in [4.78, 5) is 11.6. The second kappa shape index (κ2) is 6.93. The van der Waals surface area contributed by atoms with Crippen LogP contribution < -0.4 is 5.32 Å². The summed E-state index contributed by atoms with van der Waals surface area (Å²) in [5.74, 6) is -0.230. The number of benzene rings is 1. The van der Waals surface area contributed by atoms with Gasteiger partial charge < -0.3 is 15.5 Å². The van der Waals surface area contributed by atoms with Gasteiger partial charge >= 0.3 is 0 Å². The maximum absolute atomic E-state index is 11.6. The van der Waals surface area contributed by atoms with E-state index >= 15 is 0 Å². The molecule has 0 aliphatic carbocycles. The van der Waals surface area contributed by atoms with Crippen molar-refractivity contribution < 1.29 is 15.0 Å². The Labute approximate surface area is 107 Å². The lowest BCUT2D eigenvalue weighted by atomic mass is 10.0. The average Bonchev–Trinajstić information content (AvgIpc) is 2.35. The summed E-state index contributed by atoms with van der Waals surface area (Å²) in [6.45, 7) is 1.82. The number of rotatable bonds is 6. The molecule has 0 bridgehead atoms. The first-order valence-corrected chi connectivity index (χ1v) is 5.85. The largest absolute Gasteiger partial charge is 0.392 e. The number of nitrogens with one attached hydrogen (secondary N) is 1. The predicted molar refractivity (Wildman–Crippen MR) is 69.8 cm³/mol. The third-order valence-corrected chi connectivity index (χ3v) is 2.43. The number of hydrogen-bond donors (Lipinski definition) is 3. The maximum atomic E-state index is 11.6. The lowest BCUT2D eigenvalue weighted by Gasteiger charge is -2.18. The normalized spacial score (nSPS) is 14.4. The molecule has 0 fully saturated rings. The fourth-order valence-corrected chi connectivity index (χ4v) is 1.55. The van der Waals surface area contributed by atoms with E-state index in [9.17, 15) is 9.90 Å². The lowest BCUT2D eigenvalue weighted by molar-refractivity contribution is -0.124. The molecule has 4 heteroatoms. The minimum Gasteiger partial charge on any atom is -0.392 e. The molecule has 0 saturated carbocycles. The summed E-state index contributed by atoms with van der Waals surface area (Å²) in [6, 6.07) is 9.56. The van der Waals surface area contributed by atoms with Crippen molar-refractivity contribution in [2.45, 2.75) is 25.5 Å². The van der Waals surface area contributed by atoms with Crippen LogP contribution in [0.2, 0.25) is 0 Å². The summed E-state index contributed by atoms with van der Waals surface area (Å²) < 4.78 is 0. The van der Waals surface area contributed by atoms with Crippen LogP contribution in [-0.2, 0) is 11.3 Å². The highest BCUT2D eigenvalue weighted by atomic mass is 16.3. The quantitative estimate of drug-likeness (QED) is 0.659. The van der Waals surface area contributed by atoms with Gasteiger partial charge in [0.05, 0.1) is 18.6 Å². The molecule has 98 valence electrons. The van der Waals surface area contributed by atoms with Crippen molar-refractivity contribution in [1.82, 2.24) is 5.32 Å². The Kier molecular flexibility index (Phi) is 5.55. The van der Waals surface area contributed by atoms with Crippen molar-refractivity contribution in [2.24, 2.45) is 0 Å². The number of aliphatic hydroxyl groups is 2.